The van der Waals surface area contributed by atoms with Crippen LogP contribution in [0.25, 0.3) is 0 Å². The molecule has 1 aromatic rings. The number of aliphatic hydroxyl groups is 1. The second-order valence-electron chi connectivity index (χ2n) is 5.24. The number of nitrogens with zero attached hydrogens (tertiary/aromatic N) is 1. The Morgan fingerprint density at radius 3 is 2.60 bits per heavy atom. The smallest absolute Gasteiger partial charge is 0.179 e. The van der Waals surface area contributed by atoms with Gasteiger partial charge in [0.2, 0.25) is 0 Å². The van der Waals surface area contributed by atoms with E-state index in [1.165, 1.54) is 0 Å². The number of ether oxygens (including phenoxy) is 1. The van der Waals surface area contributed by atoms with Gasteiger partial charge in [-0.3, -0.25) is 9.69 Å². The number of ketones is 1. The number of rotatable bonds is 6. The van der Waals surface area contributed by atoms with Crippen molar-refractivity contribution in [3.63, 3.8) is 0 Å². The fourth-order valence-corrected chi connectivity index (χ4v) is 2.66. The summed E-state index contributed by atoms with van der Waals surface area (Å²) in [5, 5.41) is 8.76. The summed E-state index contributed by atoms with van der Waals surface area (Å²) in [5.41, 5.74) is 0.777. The van der Waals surface area contributed by atoms with Gasteiger partial charge in [-0.2, -0.15) is 0 Å². The molecular formula is C16H23NO3. The minimum absolute atomic E-state index is 0.0725. The Kier molecular flexibility index (Phi) is 5.71. The van der Waals surface area contributed by atoms with Crippen LogP contribution in [0.1, 0.15) is 30.1 Å². The highest BCUT2D eigenvalue weighted by Crippen LogP contribution is 2.18. The summed E-state index contributed by atoms with van der Waals surface area (Å²) in [7, 11) is 0. The number of aliphatic hydroxyl groups excluding tert-OH is 1. The molecule has 1 fully saturated rings. The lowest BCUT2D eigenvalue weighted by Gasteiger charge is -2.35. The van der Waals surface area contributed by atoms with Crippen LogP contribution in [-0.2, 0) is 4.74 Å². The van der Waals surface area contributed by atoms with E-state index in [2.05, 4.69) is 4.90 Å². The molecule has 1 heterocycles. The lowest BCUT2D eigenvalue weighted by Crippen LogP contribution is -2.45. The number of benzene rings is 1. The molecule has 2 rings (SSSR count). The topological polar surface area (TPSA) is 49.8 Å². The minimum Gasteiger partial charge on any atom is -0.394 e. The fourth-order valence-electron chi connectivity index (χ4n) is 2.66. The van der Waals surface area contributed by atoms with Gasteiger partial charge in [-0.15, -0.1) is 0 Å². The van der Waals surface area contributed by atoms with Crippen LogP contribution in [0.4, 0.5) is 0 Å². The molecule has 0 amide bonds. The van der Waals surface area contributed by atoms with Crippen molar-refractivity contribution in [1.29, 1.82) is 0 Å². The zero-order valence-electron chi connectivity index (χ0n) is 12.0. The predicted octanol–water partition coefficient (Wildman–Crippen LogP) is 1.73. The van der Waals surface area contributed by atoms with Gasteiger partial charge in [-0.05, 0) is 19.8 Å². The van der Waals surface area contributed by atoms with E-state index in [0.717, 1.165) is 31.5 Å². The maximum Gasteiger partial charge on any atom is 0.179 e. The third kappa shape index (κ3) is 3.88. The number of carbonyl (C=O) groups excluding carboxylic acids is 1. The van der Waals surface area contributed by atoms with Gasteiger partial charge >= 0.3 is 0 Å². The van der Waals surface area contributed by atoms with Gasteiger partial charge in [0.05, 0.1) is 25.4 Å². The molecule has 0 aliphatic carbocycles. The lowest BCUT2D eigenvalue weighted by molar-refractivity contribution is -0.0125. The zero-order chi connectivity index (χ0) is 14.4. The highest BCUT2D eigenvalue weighted by atomic mass is 16.5. The Morgan fingerprint density at radius 1 is 1.35 bits per heavy atom. The Morgan fingerprint density at radius 2 is 2.00 bits per heavy atom. The fraction of sp³-hybridized carbons (Fsp3) is 0.562. The van der Waals surface area contributed by atoms with Crippen LogP contribution >= 0.6 is 0 Å². The standard InChI is InChI=1S/C16H23NO3/c1-13(16(19)14-5-3-2-4-6-14)17-9-7-15(8-10-17)20-12-11-18/h2-6,13,15,18H,7-12H2,1H3. The molecular weight excluding hydrogens is 254 g/mol. The zero-order valence-corrected chi connectivity index (χ0v) is 12.0. The first-order chi connectivity index (χ1) is 9.72. The second-order valence-corrected chi connectivity index (χ2v) is 5.24. The molecule has 1 aliphatic rings. The molecule has 20 heavy (non-hydrogen) atoms. The van der Waals surface area contributed by atoms with Crippen molar-refractivity contribution in [2.75, 3.05) is 26.3 Å². The van der Waals surface area contributed by atoms with E-state index in [9.17, 15) is 4.79 Å². The van der Waals surface area contributed by atoms with Crippen LogP contribution < -0.4 is 0 Å². The molecule has 0 bridgehead atoms. The average molecular weight is 277 g/mol. The summed E-state index contributed by atoms with van der Waals surface area (Å²) in [5.74, 6) is 0.181. The van der Waals surface area contributed by atoms with Crippen molar-refractivity contribution in [3.05, 3.63) is 35.9 Å². The summed E-state index contributed by atoms with van der Waals surface area (Å²) in [6.45, 7) is 4.20. The van der Waals surface area contributed by atoms with E-state index >= 15 is 0 Å². The molecule has 1 atom stereocenters. The Hall–Kier alpha value is -1.23. The summed E-state index contributed by atoms with van der Waals surface area (Å²) in [6, 6.07) is 9.37. The molecule has 0 radical (unpaired) electrons. The van der Waals surface area contributed by atoms with Crippen molar-refractivity contribution in [2.24, 2.45) is 0 Å². The van der Waals surface area contributed by atoms with Crippen LogP contribution in [0.2, 0.25) is 0 Å². The summed E-state index contributed by atoms with van der Waals surface area (Å²) in [6.07, 6.45) is 2.07. The van der Waals surface area contributed by atoms with E-state index in [1.54, 1.807) is 0 Å². The molecule has 110 valence electrons. The van der Waals surface area contributed by atoms with Gasteiger partial charge in [-0.1, -0.05) is 30.3 Å². The quantitative estimate of drug-likeness (QED) is 0.805. The molecule has 0 aromatic heterocycles. The van der Waals surface area contributed by atoms with E-state index < -0.39 is 0 Å². The first-order valence-electron chi connectivity index (χ1n) is 7.28. The lowest BCUT2D eigenvalue weighted by atomic mass is 10.0. The van der Waals surface area contributed by atoms with Gasteiger partial charge in [0.25, 0.3) is 0 Å². The molecule has 4 heteroatoms. The molecule has 1 aliphatic heterocycles. The van der Waals surface area contributed by atoms with Crippen molar-refractivity contribution in [2.45, 2.75) is 31.9 Å². The maximum absolute atomic E-state index is 12.4. The SMILES string of the molecule is CC(C(=O)c1ccccc1)N1CCC(OCCO)CC1. The highest BCUT2D eigenvalue weighted by molar-refractivity contribution is 5.99. The summed E-state index contributed by atoms with van der Waals surface area (Å²) < 4.78 is 5.54. The van der Waals surface area contributed by atoms with Gasteiger partial charge in [0.15, 0.2) is 5.78 Å². The van der Waals surface area contributed by atoms with Crippen molar-refractivity contribution < 1.29 is 14.6 Å². The Balaban J connectivity index is 1.85. The van der Waals surface area contributed by atoms with Gasteiger partial charge in [-0.25, -0.2) is 0 Å². The van der Waals surface area contributed by atoms with Gasteiger partial charge < -0.3 is 9.84 Å². The average Bonchev–Trinajstić information content (AvgIpc) is 2.53. The Labute approximate surface area is 120 Å². The summed E-state index contributed by atoms with van der Waals surface area (Å²) in [4.78, 5) is 14.6. The molecule has 1 saturated heterocycles. The van der Waals surface area contributed by atoms with Crippen LogP contribution in [0.15, 0.2) is 30.3 Å². The van der Waals surface area contributed by atoms with Crippen LogP contribution in [0.5, 0.6) is 0 Å². The van der Waals surface area contributed by atoms with E-state index in [1.807, 2.05) is 37.3 Å². The molecule has 4 nitrogen and oxygen atoms in total. The second kappa shape index (κ2) is 7.53. The van der Waals surface area contributed by atoms with Crippen molar-refractivity contribution in [3.8, 4) is 0 Å². The first-order valence-corrected chi connectivity index (χ1v) is 7.28. The molecule has 0 spiro atoms. The molecule has 0 saturated carbocycles. The monoisotopic (exact) mass is 277 g/mol. The van der Waals surface area contributed by atoms with Crippen LogP contribution in [0.3, 0.4) is 0 Å². The van der Waals surface area contributed by atoms with Crippen molar-refractivity contribution >= 4 is 5.78 Å². The maximum atomic E-state index is 12.4. The van der Waals surface area contributed by atoms with Crippen LogP contribution in [0, 0.1) is 0 Å². The van der Waals surface area contributed by atoms with Crippen LogP contribution in [-0.4, -0.2) is 54.2 Å². The van der Waals surface area contributed by atoms with E-state index in [4.69, 9.17) is 9.84 Å². The number of likely N-dealkylation sites (tertiary alicyclic amines) is 1. The number of carbonyl (C=O) groups is 1. The normalized spacial score (nSPS) is 18.9. The third-order valence-corrected chi connectivity index (χ3v) is 3.91. The number of Topliss-reactive ketones (excluding diaryl/α,β-unsaturated/α-hetero) is 1. The largest absolute Gasteiger partial charge is 0.394 e. The molecule has 1 aromatic carbocycles. The van der Waals surface area contributed by atoms with Gasteiger partial charge in [0.1, 0.15) is 0 Å². The Bertz CT molecular complexity index is 413. The van der Waals surface area contributed by atoms with E-state index in [-0.39, 0.29) is 24.5 Å². The number of hydrogen-bond acceptors (Lipinski definition) is 4. The summed E-state index contributed by atoms with van der Waals surface area (Å²) >= 11 is 0. The molecule has 1 unspecified atom stereocenters. The number of piperidine rings is 1. The van der Waals surface area contributed by atoms with Gasteiger partial charge in [0, 0.05) is 18.7 Å². The van der Waals surface area contributed by atoms with E-state index in [0.29, 0.717) is 6.61 Å². The molecule has 1 N–H and O–H groups in total. The minimum atomic E-state index is -0.0869. The van der Waals surface area contributed by atoms with Crippen molar-refractivity contribution in [1.82, 2.24) is 4.90 Å². The highest BCUT2D eigenvalue weighted by Gasteiger charge is 2.27. The number of hydrogen-bond donors (Lipinski definition) is 1. The predicted molar refractivity (Wildman–Crippen MR) is 77.9 cm³/mol. The third-order valence-electron chi connectivity index (χ3n) is 3.91. The first kappa shape index (κ1) is 15.2.